The number of halogens is 4. The highest BCUT2D eigenvalue weighted by Gasteiger charge is 2.43. The topological polar surface area (TPSA) is 103 Å². The third-order valence-electron chi connectivity index (χ3n) is 6.98. The Morgan fingerprint density at radius 2 is 2.03 bits per heavy atom. The van der Waals surface area contributed by atoms with Crippen molar-refractivity contribution in [1.29, 1.82) is 0 Å². The molecular formula is C26H31F4N5O3. The average molecular weight is 538 g/mol. The number of anilines is 1. The third kappa shape index (κ3) is 5.47. The molecule has 1 amide bonds. The molecule has 2 aromatic rings. The van der Waals surface area contributed by atoms with Crippen LogP contribution in [0.25, 0.3) is 0 Å². The van der Waals surface area contributed by atoms with Gasteiger partial charge in [-0.1, -0.05) is 12.1 Å². The molecule has 1 unspecified atom stereocenters. The van der Waals surface area contributed by atoms with Gasteiger partial charge >= 0.3 is 6.18 Å². The molecule has 0 bridgehead atoms. The van der Waals surface area contributed by atoms with Gasteiger partial charge in [0, 0.05) is 50.3 Å². The molecule has 0 aromatic heterocycles. The number of fused-ring (bicyclic) bond motifs is 1. The molecule has 0 aliphatic carbocycles. The summed E-state index contributed by atoms with van der Waals surface area (Å²) in [7, 11) is 3.67. The Morgan fingerprint density at radius 1 is 1.29 bits per heavy atom. The van der Waals surface area contributed by atoms with Gasteiger partial charge in [-0.2, -0.15) is 18.3 Å². The van der Waals surface area contributed by atoms with Gasteiger partial charge in [0.05, 0.1) is 31.4 Å². The molecule has 1 saturated heterocycles. The van der Waals surface area contributed by atoms with E-state index < -0.39 is 35.8 Å². The van der Waals surface area contributed by atoms with E-state index in [9.17, 15) is 27.5 Å². The van der Waals surface area contributed by atoms with Gasteiger partial charge in [0.15, 0.2) is 0 Å². The van der Waals surface area contributed by atoms with Crippen molar-refractivity contribution in [1.82, 2.24) is 10.2 Å². The van der Waals surface area contributed by atoms with Crippen LogP contribution in [-0.4, -0.2) is 68.4 Å². The van der Waals surface area contributed by atoms with Gasteiger partial charge in [0.2, 0.25) is 0 Å². The van der Waals surface area contributed by atoms with Crippen LogP contribution in [0.3, 0.4) is 0 Å². The lowest BCUT2D eigenvalue weighted by atomic mass is 9.75. The molecule has 2 heterocycles. The summed E-state index contributed by atoms with van der Waals surface area (Å²) in [5.74, 6) is 5.70. The van der Waals surface area contributed by atoms with Crippen molar-refractivity contribution in [3.8, 4) is 0 Å². The smallest absolute Gasteiger partial charge is 0.389 e. The van der Waals surface area contributed by atoms with E-state index in [2.05, 4.69) is 10.4 Å². The van der Waals surface area contributed by atoms with Crippen molar-refractivity contribution >= 4 is 17.4 Å². The fraction of sp³-hybridized carbons (Fsp3) is 0.462. The number of hydrazone groups is 1. The number of carbonyl (C=O) groups is 1. The first-order chi connectivity index (χ1) is 18.0. The largest absolute Gasteiger partial charge is 0.416 e. The molecule has 1 atom stereocenters. The quantitative estimate of drug-likeness (QED) is 0.150. The van der Waals surface area contributed by atoms with E-state index in [1.54, 1.807) is 12.1 Å². The first kappa shape index (κ1) is 27.8. The van der Waals surface area contributed by atoms with Crippen molar-refractivity contribution < 1.29 is 32.2 Å². The number of benzene rings is 2. The lowest BCUT2D eigenvalue weighted by molar-refractivity contribution is -0.138. The molecular weight excluding hydrogens is 506 g/mol. The molecule has 0 spiro atoms. The van der Waals surface area contributed by atoms with Crippen LogP contribution in [0.1, 0.15) is 39.0 Å². The minimum absolute atomic E-state index is 0.0279. The SMILES string of the molecule is CN(C)/C(CC1(c2cccc(N3Cc4c(cc(CNCC(O)CF)cc4C(F)(F)F)C3=O)c2)COC1)=N\N. The first-order valence-electron chi connectivity index (χ1n) is 12.1. The highest BCUT2D eigenvalue weighted by molar-refractivity contribution is 6.10. The number of nitrogens with zero attached hydrogens (tertiary/aromatic N) is 3. The monoisotopic (exact) mass is 537 g/mol. The number of aliphatic hydroxyl groups is 1. The van der Waals surface area contributed by atoms with Crippen molar-refractivity contribution in [3.63, 3.8) is 0 Å². The van der Waals surface area contributed by atoms with Gasteiger partial charge in [-0.3, -0.25) is 4.79 Å². The predicted molar refractivity (Wildman–Crippen MR) is 135 cm³/mol. The van der Waals surface area contributed by atoms with E-state index in [1.807, 2.05) is 31.1 Å². The number of rotatable bonds is 9. The minimum Gasteiger partial charge on any atom is -0.389 e. The van der Waals surface area contributed by atoms with Crippen LogP contribution >= 0.6 is 0 Å². The predicted octanol–water partition coefficient (Wildman–Crippen LogP) is 2.78. The van der Waals surface area contributed by atoms with Crippen molar-refractivity contribution in [3.05, 3.63) is 64.2 Å². The van der Waals surface area contributed by atoms with Crippen LogP contribution < -0.4 is 16.1 Å². The summed E-state index contributed by atoms with van der Waals surface area (Å²) < 4.78 is 60.0. The van der Waals surface area contributed by atoms with Gasteiger partial charge < -0.3 is 30.8 Å². The number of carbonyl (C=O) groups excluding carboxylic acids is 1. The van der Waals surface area contributed by atoms with E-state index in [0.29, 0.717) is 31.2 Å². The van der Waals surface area contributed by atoms with Gasteiger partial charge in [0.25, 0.3) is 5.91 Å². The number of amides is 1. The Labute approximate surface area is 218 Å². The van der Waals surface area contributed by atoms with E-state index in [4.69, 9.17) is 10.6 Å². The summed E-state index contributed by atoms with van der Waals surface area (Å²) in [4.78, 5) is 16.5. The summed E-state index contributed by atoms with van der Waals surface area (Å²) in [5, 5.41) is 16.0. The number of hydrogen-bond donors (Lipinski definition) is 3. The maximum Gasteiger partial charge on any atom is 0.416 e. The Balaban J connectivity index is 1.64. The Bertz CT molecular complexity index is 1210. The summed E-state index contributed by atoms with van der Waals surface area (Å²) in [5.41, 5.74) is 0.142. The molecule has 2 aliphatic heterocycles. The van der Waals surface area contributed by atoms with Crippen LogP contribution in [0.15, 0.2) is 41.5 Å². The van der Waals surface area contributed by atoms with Gasteiger partial charge in [0.1, 0.15) is 12.5 Å². The standard InChI is InChI=1S/C26H31F4N5O3/c1-34(2)23(33-31)9-25(14-38-15-25)17-4-3-5-18(8-17)35-13-21-20(24(35)37)6-16(7-22(21)26(28,29)30)11-32-12-19(36)10-27/h3-8,19,32,36H,9-15,31H2,1-2H3/b33-23-. The molecule has 0 radical (unpaired) electrons. The summed E-state index contributed by atoms with van der Waals surface area (Å²) in [6.45, 7) is -0.544. The Kier molecular flexibility index (Phi) is 7.96. The van der Waals surface area contributed by atoms with Gasteiger partial charge in [-0.25, -0.2) is 4.39 Å². The van der Waals surface area contributed by atoms with Crippen LogP contribution in [0.4, 0.5) is 23.2 Å². The van der Waals surface area contributed by atoms with Gasteiger partial charge in [-0.15, -0.1) is 0 Å². The molecule has 0 saturated carbocycles. The molecule has 38 heavy (non-hydrogen) atoms. The first-order valence-corrected chi connectivity index (χ1v) is 12.1. The van der Waals surface area contributed by atoms with E-state index in [1.165, 1.54) is 11.0 Å². The summed E-state index contributed by atoms with van der Waals surface area (Å²) in [6, 6.07) is 9.60. The second kappa shape index (κ2) is 10.9. The lowest BCUT2D eigenvalue weighted by Gasteiger charge is -2.43. The fourth-order valence-electron chi connectivity index (χ4n) is 4.81. The fourth-order valence-corrected chi connectivity index (χ4v) is 4.81. The summed E-state index contributed by atoms with van der Waals surface area (Å²) in [6.07, 6.45) is -5.43. The van der Waals surface area contributed by atoms with Crippen molar-refractivity contribution in [2.45, 2.75) is 37.2 Å². The molecule has 206 valence electrons. The lowest BCUT2D eigenvalue weighted by Crippen LogP contribution is -2.50. The second-order valence-corrected chi connectivity index (χ2v) is 9.94. The van der Waals surface area contributed by atoms with E-state index in [0.717, 1.165) is 11.6 Å². The van der Waals surface area contributed by atoms with Crippen LogP contribution in [0.2, 0.25) is 0 Å². The third-order valence-corrected chi connectivity index (χ3v) is 6.98. The molecule has 12 heteroatoms. The second-order valence-electron chi connectivity index (χ2n) is 9.94. The van der Waals surface area contributed by atoms with Crippen LogP contribution in [0.5, 0.6) is 0 Å². The maximum atomic E-state index is 14.0. The number of nitrogens with one attached hydrogen (secondary N) is 1. The number of amidine groups is 1. The highest BCUT2D eigenvalue weighted by atomic mass is 19.4. The Hall–Kier alpha value is -3.22. The zero-order chi connectivity index (χ0) is 27.7. The maximum absolute atomic E-state index is 14.0. The minimum atomic E-state index is -4.67. The average Bonchev–Trinajstić information content (AvgIpc) is 3.18. The van der Waals surface area contributed by atoms with E-state index >= 15 is 0 Å². The van der Waals surface area contributed by atoms with Gasteiger partial charge in [-0.05, 0) is 41.0 Å². The molecule has 1 fully saturated rings. The number of hydrogen-bond acceptors (Lipinski definition) is 6. The van der Waals surface area contributed by atoms with Crippen LogP contribution in [-0.2, 0) is 29.4 Å². The molecule has 2 aromatic carbocycles. The highest BCUT2D eigenvalue weighted by Crippen LogP contribution is 2.42. The summed E-state index contributed by atoms with van der Waals surface area (Å²) >= 11 is 0. The number of ether oxygens (including phenoxy) is 1. The Morgan fingerprint density at radius 3 is 2.61 bits per heavy atom. The number of alkyl halides is 4. The van der Waals surface area contributed by atoms with Crippen molar-refractivity contribution in [2.75, 3.05) is 45.4 Å². The molecule has 4 N–H and O–H groups in total. The normalized spacial score (nSPS) is 17.8. The number of aliphatic hydroxyl groups excluding tert-OH is 1. The van der Waals surface area contributed by atoms with E-state index in [-0.39, 0.29) is 36.3 Å². The molecule has 2 aliphatic rings. The zero-order valence-electron chi connectivity index (χ0n) is 21.2. The molecule has 4 rings (SSSR count). The molecule has 8 nitrogen and oxygen atoms in total. The number of nitrogens with two attached hydrogens (primary N) is 1. The zero-order valence-corrected chi connectivity index (χ0v) is 21.2. The van der Waals surface area contributed by atoms with Crippen LogP contribution in [0, 0.1) is 0 Å². The van der Waals surface area contributed by atoms with Crippen molar-refractivity contribution in [2.24, 2.45) is 10.9 Å².